The first-order valence-electron chi connectivity index (χ1n) is 6.32. The number of amides is 1. The van der Waals surface area contributed by atoms with Crippen LogP contribution in [0.2, 0.25) is 0 Å². The van der Waals surface area contributed by atoms with Gasteiger partial charge in [0.25, 0.3) is 5.24 Å². The topological polar surface area (TPSA) is 80.3 Å². The van der Waals surface area contributed by atoms with Crippen molar-refractivity contribution in [2.45, 2.75) is 13.8 Å². The van der Waals surface area contributed by atoms with E-state index in [4.69, 9.17) is 34.8 Å². The summed E-state index contributed by atoms with van der Waals surface area (Å²) in [4.78, 5) is 23.5. The lowest BCUT2D eigenvalue weighted by Gasteiger charge is -2.22. The van der Waals surface area contributed by atoms with Crippen LogP contribution in [-0.2, 0) is 19.9 Å². The summed E-state index contributed by atoms with van der Waals surface area (Å²) >= 11 is 17.1. The summed E-state index contributed by atoms with van der Waals surface area (Å²) in [5.41, 5.74) is -0.217. The van der Waals surface area contributed by atoms with E-state index in [0.717, 1.165) is 6.08 Å². The predicted molar refractivity (Wildman–Crippen MR) is 87.8 cm³/mol. The largest absolute Gasteiger partial charge is 0.352 e. The minimum atomic E-state index is -2.60. The molecule has 2 atom stereocenters. The highest BCUT2D eigenvalue weighted by Crippen LogP contribution is 2.32. The van der Waals surface area contributed by atoms with Gasteiger partial charge in [-0.05, 0) is 23.6 Å². The van der Waals surface area contributed by atoms with E-state index in [9.17, 15) is 18.0 Å². The molecule has 0 aromatic rings. The number of nitrogens with one attached hydrogen (secondary N) is 1. The molecule has 0 radical (unpaired) electrons. The lowest BCUT2D eigenvalue weighted by Crippen LogP contribution is -2.35. The summed E-state index contributed by atoms with van der Waals surface area (Å²) in [6.07, 6.45) is 1.09. The summed E-state index contributed by atoms with van der Waals surface area (Å²) in [5, 5.41) is 1.55. The Bertz CT molecular complexity index is 686. The van der Waals surface area contributed by atoms with Crippen LogP contribution in [0.15, 0.2) is 22.3 Å². The Morgan fingerprint density at radius 3 is 2.45 bits per heavy atom. The molecule has 0 spiro atoms. The van der Waals surface area contributed by atoms with Crippen molar-refractivity contribution in [3.05, 3.63) is 22.3 Å². The fourth-order valence-electron chi connectivity index (χ4n) is 1.86. The molecule has 0 aromatic carbocycles. The Balaban J connectivity index is 3.27. The molecule has 0 aliphatic heterocycles. The van der Waals surface area contributed by atoms with Crippen molar-refractivity contribution >= 4 is 61.1 Å². The van der Waals surface area contributed by atoms with E-state index in [2.05, 4.69) is 5.32 Å². The van der Waals surface area contributed by atoms with Crippen LogP contribution in [0.3, 0.4) is 0 Å². The zero-order valence-electron chi connectivity index (χ0n) is 11.8. The predicted octanol–water partition coefficient (Wildman–Crippen LogP) is 1.86. The van der Waals surface area contributed by atoms with Gasteiger partial charge in [-0.25, -0.2) is 0 Å². The highest BCUT2D eigenvalue weighted by molar-refractivity contribution is 7.73. The maximum atomic E-state index is 12.3. The Morgan fingerprint density at radius 1 is 1.41 bits per heavy atom. The number of allylic oxidation sites excluding steroid dienone is 3. The molecule has 1 rings (SSSR count). The molecule has 9 heteroatoms. The van der Waals surface area contributed by atoms with Gasteiger partial charge in [0.2, 0.25) is 16.2 Å². The summed E-state index contributed by atoms with van der Waals surface area (Å²) in [7, 11) is -2.60. The zero-order valence-corrected chi connectivity index (χ0v) is 14.9. The van der Waals surface area contributed by atoms with Gasteiger partial charge < -0.3 is 5.32 Å². The smallest absolute Gasteiger partial charge is 0.253 e. The van der Waals surface area contributed by atoms with Crippen LogP contribution >= 0.6 is 34.8 Å². The first-order valence-corrected chi connectivity index (χ1v) is 8.69. The standard InChI is InChI=1S/C13H14Cl3NO4S/c1-6(4-14)5-17-13(19)10-7(2)9(22(20)21)3-8(11(10)15)12(16)18/h3,6-7H,4-5H2,1-2H3,(H,17,19). The molecule has 0 bridgehead atoms. The van der Waals surface area contributed by atoms with Crippen LogP contribution in [0, 0.1) is 11.8 Å². The van der Waals surface area contributed by atoms with Crippen LogP contribution < -0.4 is 5.32 Å². The van der Waals surface area contributed by atoms with Crippen LogP contribution in [0.25, 0.3) is 0 Å². The second-order valence-corrected chi connectivity index (χ2v) is 6.86. The van der Waals surface area contributed by atoms with E-state index in [0.29, 0.717) is 12.4 Å². The molecule has 1 aliphatic rings. The van der Waals surface area contributed by atoms with E-state index in [1.807, 2.05) is 6.92 Å². The monoisotopic (exact) mass is 385 g/mol. The van der Waals surface area contributed by atoms with Crippen molar-refractivity contribution in [3.63, 3.8) is 0 Å². The summed E-state index contributed by atoms with van der Waals surface area (Å²) < 4.78 is 22.5. The normalized spacial score (nSPS) is 19.6. The number of hydrogen-bond acceptors (Lipinski definition) is 4. The molecule has 0 fully saturated rings. The van der Waals surface area contributed by atoms with Gasteiger partial charge in [-0.15, -0.1) is 11.6 Å². The number of alkyl halides is 1. The van der Waals surface area contributed by atoms with Gasteiger partial charge in [0.15, 0.2) is 0 Å². The first-order chi connectivity index (χ1) is 10.2. The van der Waals surface area contributed by atoms with Crippen LogP contribution in [-0.4, -0.2) is 36.9 Å². The minimum absolute atomic E-state index is 0.00543. The molecule has 1 aliphatic carbocycles. The molecular formula is C13H14Cl3NO4S. The number of hydrogen-bond donors (Lipinski definition) is 1. The minimum Gasteiger partial charge on any atom is -0.352 e. The molecule has 5 nitrogen and oxygen atoms in total. The van der Waals surface area contributed by atoms with Crippen molar-refractivity contribution in [1.29, 1.82) is 0 Å². The van der Waals surface area contributed by atoms with Gasteiger partial charge in [-0.3, -0.25) is 9.59 Å². The summed E-state index contributed by atoms with van der Waals surface area (Å²) in [6, 6.07) is 0. The highest BCUT2D eigenvalue weighted by atomic mass is 35.5. The number of halogens is 3. The van der Waals surface area contributed by atoms with E-state index >= 15 is 0 Å². The van der Waals surface area contributed by atoms with E-state index < -0.39 is 27.4 Å². The van der Waals surface area contributed by atoms with E-state index in [1.54, 1.807) is 0 Å². The van der Waals surface area contributed by atoms with Crippen molar-refractivity contribution in [2.24, 2.45) is 11.8 Å². The van der Waals surface area contributed by atoms with Gasteiger partial charge in [-0.1, -0.05) is 25.4 Å². The van der Waals surface area contributed by atoms with Crippen LogP contribution in [0.1, 0.15) is 13.8 Å². The van der Waals surface area contributed by atoms with Crippen molar-refractivity contribution in [1.82, 2.24) is 5.32 Å². The van der Waals surface area contributed by atoms with E-state index in [-0.39, 0.29) is 27.0 Å². The molecule has 0 aromatic heterocycles. The van der Waals surface area contributed by atoms with Crippen molar-refractivity contribution < 1.29 is 18.0 Å². The third kappa shape index (κ3) is 4.35. The lowest BCUT2D eigenvalue weighted by atomic mass is 9.89. The first kappa shape index (κ1) is 19.2. The molecule has 22 heavy (non-hydrogen) atoms. The third-order valence-corrected chi connectivity index (χ3v) is 5.14. The molecule has 122 valence electrons. The van der Waals surface area contributed by atoms with Gasteiger partial charge in [0, 0.05) is 23.9 Å². The summed E-state index contributed by atoms with van der Waals surface area (Å²) in [5.74, 6) is -0.945. The molecule has 0 saturated heterocycles. The molecule has 0 heterocycles. The number of rotatable bonds is 5. The second-order valence-electron chi connectivity index (χ2n) is 4.89. The van der Waals surface area contributed by atoms with Crippen molar-refractivity contribution in [3.8, 4) is 0 Å². The maximum absolute atomic E-state index is 12.3. The number of carbonyl (C=O) groups excluding carboxylic acids is 2. The van der Waals surface area contributed by atoms with Crippen LogP contribution in [0.4, 0.5) is 0 Å². The fraction of sp³-hybridized carbons (Fsp3) is 0.462. The molecule has 1 N–H and O–H groups in total. The van der Waals surface area contributed by atoms with E-state index in [1.165, 1.54) is 6.92 Å². The second kappa shape index (κ2) is 8.15. The Kier molecular flexibility index (Phi) is 7.12. The summed E-state index contributed by atoms with van der Waals surface area (Å²) in [6.45, 7) is 3.65. The average Bonchev–Trinajstić information content (AvgIpc) is 2.43. The highest BCUT2D eigenvalue weighted by Gasteiger charge is 2.32. The van der Waals surface area contributed by atoms with Gasteiger partial charge in [-0.2, -0.15) is 8.42 Å². The quantitative estimate of drug-likeness (QED) is 0.444. The van der Waals surface area contributed by atoms with Gasteiger partial charge >= 0.3 is 0 Å². The number of carbonyl (C=O) groups is 2. The maximum Gasteiger partial charge on any atom is 0.253 e. The van der Waals surface area contributed by atoms with Gasteiger partial charge in [0.1, 0.15) is 0 Å². The Labute approximate surface area is 144 Å². The Morgan fingerprint density at radius 2 is 2.00 bits per heavy atom. The SMILES string of the molecule is CC(CCl)CNC(=O)C1=C(Cl)C(C(=O)Cl)=CC(=S(=O)=O)C1C. The Hall–Kier alpha value is -0.820. The molecule has 0 saturated carbocycles. The zero-order chi connectivity index (χ0) is 17.0. The molecular weight excluding hydrogens is 373 g/mol. The fourth-order valence-corrected chi connectivity index (χ4v) is 3.17. The van der Waals surface area contributed by atoms with Crippen molar-refractivity contribution in [2.75, 3.05) is 12.4 Å². The third-order valence-electron chi connectivity index (χ3n) is 3.14. The van der Waals surface area contributed by atoms with Gasteiger partial charge in [0.05, 0.1) is 15.5 Å². The van der Waals surface area contributed by atoms with Crippen LogP contribution in [0.5, 0.6) is 0 Å². The molecule has 1 amide bonds. The average molecular weight is 387 g/mol. The lowest BCUT2D eigenvalue weighted by molar-refractivity contribution is -0.117. The molecule has 2 unspecified atom stereocenters.